The van der Waals surface area contributed by atoms with Gasteiger partial charge in [-0.3, -0.25) is 4.79 Å². The third-order valence-corrected chi connectivity index (χ3v) is 5.09. The topological polar surface area (TPSA) is 60.4 Å². The lowest BCUT2D eigenvalue weighted by Crippen LogP contribution is -2.17. The second kappa shape index (κ2) is 6.55. The van der Waals surface area contributed by atoms with Crippen molar-refractivity contribution in [2.24, 2.45) is 0 Å². The van der Waals surface area contributed by atoms with Gasteiger partial charge in [-0.05, 0) is 23.6 Å². The maximum atomic E-state index is 14.4. The number of carbonyl (C=O) groups is 1. The van der Waals surface area contributed by atoms with Crippen molar-refractivity contribution in [3.63, 3.8) is 0 Å². The van der Waals surface area contributed by atoms with E-state index in [2.05, 4.69) is 0 Å². The third kappa shape index (κ3) is 3.54. The first-order chi connectivity index (χ1) is 10.7. The van der Waals surface area contributed by atoms with Crippen molar-refractivity contribution in [1.29, 1.82) is 0 Å². The smallest absolute Gasteiger partial charge is 0.303 e. The molecule has 1 aliphatic carbocycles. The van der Waals surface area contributed by atoms with Gasteiger partial charge in [-0.1, -0.05) is 19.4 Å². The second-order valence-electron chi connectivity index (χ2n) is 5.82. The Morgan fingerprint density at radius 3 is 2.61 bits per heavy atom. The quantitative estimate of drug-likeness (QED) is 0.767. The van der Waals surface area contributed by atoms with Crippen LogP contribution in [0, 0.1) is 0 Å². The molecule has 1 aliphatic rings. The van der Waals surface area contributed by atoms with Crippen molar-refractivity contribution in [1.82, 2.24) is 0 Å². The number of carbonyl (C=O) groups excluding carboxylic acids is 1. The summed E-state index contributed by atoms with van der Waals surface area (Å²) < 4.78 is 57.6. The van der Waals surface area contributed by atoms with E-state index in [-0.39, 0.29) is 28.9 Å². The SMILES string of the molecule is CCC[C@@H](F)c1ccc(S(C)(=O)=O)c2c1C[C@@H](F)[C@H]2OC(C)=O. The molecule has 0 radical (unpaired) electrons. The van der Waals surface area contributed by atoms with Crippen molar-refractivity contribution in [3.8, 4) is 0 Å². The zero-order chi connectivity index (χ0) is 17.4. The number of sulfone groups is 1. The van der Waals surface area contributed by atoms with Crippen LogP contribution in [0.3, 0.4) is 0 Å². The predicted molar refractivity (Wildman–Crippen MR) is 81.4 cm³/mol. The molecule has 23 heavy (non-hydrogen) atoms. The van der Waals surface area contributed by atoms with Crippen LogP contribution in [-0.4, -0.2) is 26.8 Å². The van der Waals surface area contributed by atoms with Gasteiger partial charge in [0, 0.05) is 25.2 Å². The van der Waals surface area contributed by atoms with Crippen LogP contribution in [0.4, 0.5) is 8.78 Å². The van der Waals surface area contributed by atoms with Crippen LogP contribution >= 0.6 is 0 Å². The van der Waals surface area contributed by atoms with Crippen LogP contribution in [0.25, 0.3) is 0 Å². The van der Waals surface area contributed by atoms with E-state index < -0.39 is 34.3 Å². The standard InChI is InChI=1S/C16H20F2O4S/c1-4-5-12(17)10-6-7-14(23(3,20)21)15-11(10)8-13(18)16(15)22-9(2)19/h6-7,12-13,16H,4-5,8H2,1-3H3/t12-,13-,16-/m1/s1. The molecule has 1 aromatic carbocycles. The number of hydrogen-bond donors (Lipinski definition) is 0. The van der Waals surface area contributed by atoms with E-state index in [1.807, 2.05) is 6.92 Å². The number of ether oxygens (including phenoxy) is 1. The first-order valence-corrected chi connectivity index (χ1v) is 9.37. The van der Waals surface area contributed by atoms with Gasteiger partial charge >= 0.3 is 5.97 Å². The molecule has 7 heteroatoms. The summed E-state index contributed by atoms with van der Waals surface area (Å²) in [6, 6.07) is 2.68. The molecule has 0 aliphatic heterocycles. The van der Waals surface area contributed by atoms with E-state index in [1.54, 1.807) is 0 Å². The van der Waals surface area contributed by atoms with Gasteiger partial charge in [0.1, 0.15) is 12.3 Å². The van der Waals surface area contributed by atoms with Gasteiger partial charge in [-0.15, -0.1) is 0 Å². The summed E-state index contributed by atoms with van der Waals surface area (Å²) >= 11 is 0. The number of rotatable bonds is 5. The molecule has 0 bridgehead atoms. The molecule has 2 rings (SSSR count). The highest BCUT2D eigenvalue weighted by molar-refractivity contribution is 7.90. The van der Waals surface area contributed by atoms with Crippen LogP contribution in [0.1, 0.15) is 55.7 Å². The van der Waals surface area contributed by atoms with E-state index in [4.69, 9.17) is 4.74 Å². The van der Waals surface area contributed by atoms with Gasteiger partial charge in [0.2, 0.25) is 0 Å². The summed E-state index contributed by atoms with van der Waals surface area (Å²) in [6.07, 6.45) is -2.47. The fourth-order valence-electron chi connectivity index (χ4n) is 3.02. The van der Waals surface area contributed by atoms with Crippen LogP contribution in [0.15, 0.2) is 17.0 Å². The number of esters is 1. The summed E-state index contributed by atoms with van der Waals surface area (Å²) in [7, 11) is -3.66. The molecular weight excluding hydrogens is 326 g/mol. The van der Waals surface area contributed by atoms with E-state index in [0.717, 1.165) is 13.2 Å². The molecule has 128 valence electrons. The van der Waals surface area contributed by atoms with Crippen molar-refractivity contribution in [2.75, 3.05) is 6.26 Å². The third-order valence-electron chi connectivity index (χ3n) is 3.94. The van der Waals surface area contributed by atoms with Crippen LogP contribution in [0.2, 0.25) is 0 Å². The van der Waals surface area contributed by atoms with Gasteiger partial charge in [0.05, 0.1) is 4.90 Å². The average Bonchev–Trinajstić information content (AvgIpc) is 2.73. The summed E-state index contributed by atoms with van der Waals surface area (Å²) in [5, 5.41) is 0. The summed E-state index contributed by atoms with van der Waals surface area (Å²) in [5.41, 5.74) is 0.686. The molecule has 0 aromatic heterocycles. The highest BCUT2D eigenvalue weighted by Gasteiger charge is 2.41. The number of benzene rings is 1. The van der Waals surface area contributed by atoms with Gasteiger partial charge < -0.3 is 4.74 Å². The Morgan fingerprint density at radius 2 is 2.09 bits per heavy atom. The Labute approximate surface area is 134 Å². The minimum absolute atomic E-state index is 0.0893. The first-order valence-electron chi connectivity index (χ1n) is 7.47. The van der Waals surface area contributed by atoms with Gasteiger partial charge in [0.25, 0.3) is 0 Å². The van der Waals surface area contributed by atoms with E-state index in [9.17, 15) is 22.0 Å². The molecule has 0 N–H and O–H groups in total. The van der Waals surface area contributed by atoms with E-state index in [0.29, 0.717) is 12.0 Å². The average molecular weight is 346 g/mol. The molecule has 1 aromatic rings. The zero-order valence-electron chi connectivity index (χ0n) is 13.3. The van der Waals surface area contributed by atoms with Crippen molar-refractivity contribution < 1.29 is 26.7 Å². The lowest BCUT2D eigenvalue weighted by molar-refractivity contribution is -0.149. The molecule has 0 heterocycles. The number of alkyl halides is 2. The Morgan fingerprint density at radius 1 is 1.43 bits per heavy atom. The highest BCUT2D eigenvalue weighted by Crippen LogP contribution is 2.44. The Bertz CT molecular complexity index is 715. The molecule has 4 nitrogen and oxygen atoms in total. The summed E-state index contributed by atoms with van der Waals surface area (Å²) in [5.74, 6) is -0.708. The van der Waals surface area contributed by atoms with Crippen molar-refractivity contribution >= 4 is 15.8 Å². The van der Waals surface area contributed by atoms with Crippen LogP contribution in [-0.2, 0) is 25.8 Å². The fraction of sp³-hybridized carbons (Fsp3) is 0.562. The normalized spacial score (nSPS) is 21.8. The van der Waals surface area contributed by atoms with Crippen molar-refractivity contribution in [2.45, 2.75) is 56.5 Å². The Hall–Kier alpha value is -1.50. The van der Waals surface area contributed by atoms with Crippen LogP contribution in [0.5, 0.6) is 0 Å². The Kier molecular flexibility index (Phi) is 5.08. The van der Waals surface area contributed by atoms with E-state index >= 15 is 0 Å². The van der Waals surface area contributed by atoms with Gasteiger partial charge in [-0.25, -0.2) is 17.2 Å². The number of halogens is 2. The first kappa shape index (κ1) is 17.8. The van der Waals surface area contributed by atoms with Gasteiger partial charge in [-0.2, -0.15) is 0 Å². The largest absolute Gasteiger partial charge is 0.454 e. The molecule has 0 fully saturated rings. The molecule has 0 unspecified atom stereocenters. The number of hydrogen-bond acceptors (Lipinski definition) is 4. The maximum Gasteiger partial charge on any atom is 0.303 e. The second-order valence-corrected chi connectivity index (χ2v) is 7.81. The summed E-state index contributed by atoms with van der Waals surface area (Å²) in [6.45, 7) is 2.96. The van der Waals surface area contributed by atoms with E-state index in [1.165, 1.54) is 12.1 Å². The van der Waals surface area contributed by atoms with Crippen molar-refractivity contribution in [3.05, 3.63) is 28.8 Å². The molecule has 0 saturated heterocycles. The molecule has 0 saturated carbocycles. The minimum Gasteiger partial charge on any atom is -0.454 e. The molecule has 3 atom stereocenters. The molecular formula is C16H20F2O4S. The lowest BCUT2D eigenvalue weighted by Gasteiger charge is -2.18. The maximum absolute atomic E-state index is 14.4. The highest BCUT2D eigenvalue weighted by atomic mass is 32.2. The lowest BCUT2D eigenvalue weighted by atomic mass is 9.97. The number of fused-ring (bicyclic) bond motifs is 1. The monoisotopic (exact) mass is 346 g/mol. The molecule has 0 spiro atoms. The summed E-state index contributed by atoms with van der Waals surface area (Å²) in [4.78, 5) is 11.1. The van der Waals surface area contributed by atoms with Gasteiger partial charge in [0.15, 0.2) is 15.9 Å². The predicted octanol–water partition coefficient (Wildman–Crippen LogP) is 3.40. The molecule has 0 amide bonds. The fourth-order valence-corrected chi connectivity index (χ4v) is 3.97. The minimum atomic E-state index is -3.66. The van der Waals surface area contributed by atoms with Crippen LogP contribution < -0.4 is 0 Å². The Balaban J connectivity index is 2.65. The zero-order valence-corrected chi connectivity index (χ0v) is 14.1.